The molecule has 1 aromatic heterocycles. The Morgan fingerprint density at radius 2 is 2.14 bits per heavy atom. The summed E-state index contributed by atoms with van der Waals surface area (Å²) in [6, 6.07) is -0.956. The van der Waals surface area contributed by atoms with Crippen LogP contribution < -0.4 is 5.32 Å². The number of halogens is 3. The fourth-order valence-corrected chi connectivity index (χ4v) is 1.99. The summed E-state index contributed by atoms with van der Waals surface area (Å²) in [5.74, 6) is -1.37. The van der Waals surface area contributed by atoms with Crippen LogP contribution in [-0.2, 0) is 4.79 Å². The van der Waals surface area contributed by atoms with Gasteiger partial charge in [-0.2, -0.15) is 13.2 Å². The summed E-state index contributed by atoms with van der Waals surface area (Å²) in [5, 5.41) is 2.38. The van der Waals surface area contributed by atoms with Gasteiger partial charge in [0.2, 0.25) is 5.91 Å². The van der Waals surface area contributed by atoms with Crippen molar-refractivity contribution < 1.29 is 22.8 Å². The lowest BCUT2D eigenvalue weighted by molar-refractivity contribution is -0.157. The predicted octanol–water partition coefficient (Wildman–Crippen LogP) is 0.678. The molecule has 1 aliphatic heterocycles. The Balaban J connectivity index is 1.96. The minimum absolute atomic E-state index is 0.0164. The molecule has 9 heteroatoms. The monoisotopic (exact) mass is 302 g/mol. The van der Waals surface area contributed by atoms with Crippen LogP contribution in [0.3, 0.4) is 0 Å². The highest BCUT2D eigenvalue weighted by molar-refractivity contribution is 5.96. The molecule has 2 rings (SSSR count). The van der Waals surface area contributed by atoms with Crippen LogP contribution in [0.25, 0.3) is 0 Å². The first kappa shape index (κ1) is 15.2. The van der Waals surface area contributed by atoms with Crippen LogP contribution in [0.2, 0.25) is 0 Å². The number of rotatable bonds is 3. The molecular weight excluding hydrogens is 289 g/mol. The van der Waals surface area contributed by atoms with Crippen LogP contribution >= 0.6 is 0 Å². The van der Waals surface area contributed by atoms with Gasteiger partial charge in [-0.05, 0) is 13.3 Å². The van der Waals surface area contributed by atoms with Crippen molar-refractivity contribution in [3.8, 4) is 0 Å². The number of hydrogen-bond donors (Lipinski definition) is 1. The maximum atomic E-state index is 12.3. The molecule has 0 saturated carbocycles. The van der Waals surface area contributed by atoms with Gasteiger partial charge in [0, 0.05) is 12.7 Å². The largest absolute Gasteiger partial charge is 0.406 e. The summed E-state index contributed by atoms with van der Waals surface area (Å²) in [5.41, 5.74) is 0.641. The van der Waals surface area contributed by atoms with Crippen molar-refractivity contribution in [3.05, 3.63) is 23.8 Å². The Morgan fingerprint density at radius 3 is 2.71 bits per heavy atom. The van der Waals surface area contributed by atoms with Gasteiger partial charge in [0.25, 0.3) is 5.91 Å². The van der Waals surface area contributed by atoms with E-state index in [9.17, 15) is 22.8 Å². The van der Waals surface area contributed by atoms with Gasteiger partial charge in [0.1, 0.15) is 18.3 Å². The van der Waals surface area contributed by atoms with Crippen molar-refractivity contribution in [1.29, 1.82) is 0 Å². The van der Waals surface area contributed by atoms with Gasteiger partial charge in [-0.3, -0.25) is 14.6 Å². The number of aryl methyl sites for hydroxylation is 1. The molecule has 0 aromatic carbocycles. The molecule has 0 aliphatic carbocycles. The van der Waals surface area contributed by atoms with E-state index in [1.165, 1.54) is 12.4 Å². The van der Waals surface area contributed by atoms with Crippen LogP contribution in [0.4, 0.5) is 13.2 Å². The normalized spacial score (nSPS) is 19.0. The lowest BCUT2D eigenvalue weighted by atomic mass is 10.2. The van der Waals surface area contributed by atoms with Gasteiger partial charge in [-0.1, -0.05) is 0 Å². The molecule has 21 heavy (non-hydrogen) atoms. The van der Waals surface area contributed by atoms with Crippen molar-refractivity contribution in [2.45, 2.75) is 25.6 Å². The molecule has 1 saturated heterocycles. The van der Waals surface area contributed by atoms with Gasteiger partial charge < -0.3 is 10.2 Å². The number of nitrogens with zero attached hydrogens (tertiary/aromatic N) is 3. The standard InChI is InChI=1S/C12H13F3N4O2/c1-7-4-17-9(5-16-7)10(20)18-8-2-3-19(11(8)21)6-12(13,14)15/h4-5,8H,2-3,6H2,1H3,(H,18,20). The minimum atomic E-state index is -4.45. The maximum Gasteiger partial charge on any atom is 0.406 e. The first-order valence-corrected chi connectivity index (χ1v) is 6.21. The third-order valence-corrected chi connectivity index (χ3v) is 2.99. The topological polar surface area (TPSA) is 75.2 Å². The molecule has 1 aromatic rings. The van der Waals surface area contributed by atoms with Crippen LogP contribution in [-0.4, -0.2) is 52.0 Å². The Hall–Kier alpha value is -2.19. The Labute approximate surface area is 118 Å². The zero-order valence-electron chi connectivity index (χ0n) is 11.1. The van der Waals surface area contributed by atoms with Gasteiger partial charge >= 0.3 is 6.18 Å². The van der Waals surface area contributed by atoms with Crippen molar-refractivity contribution in [2.24, 2.45) is 0 Å². The highest BCUT2D eigenvalue weighted by Gasteiger charge is 2.39. The number of carbonyl (C=O) groups excluding carboxylic acids is 2. The van der Waals surface area contributed by atoms with E-state index < -0.39 is 30.6 Å². The van der Waals surface area contributed by atoms with E-state index in [0.29, 0.717) is 10.6 Å². The maximum absolute atomic E-state index is 12.3. The number of nitrogens with one attached hydrogen (secondary N) is 1. The molecule has 2 heterocycles. The fraction of sp³-hybridized carbons (Fsp3) is 0.500. The number of aromatic nitrogens is 2. The number of amides is 2. The van der Waals surface area contributed by atoms with Gasteiger partial charge in [0.05, 0.1) is 11.9 Å². The first-order chi connectivity index (χ1) is 9.76. The van der Waals surface area contributed by atoms with E-state index >= 15 is 0 Å². The molecule has 2 amide bonds. The van der Waals surface area contributed by atoms with Gasteiger partial charge in [-0.15, -0.1) is 0 Å². The number of carbonyl (C=O) groups is 2. The molecule has 0 spiro atoms. The summed E-state index contributed by atoms with van der Waals surface area (Å²) in [4.78, 5) is 32.0. The van der Waals surface area contributed by atoms with E-state index in [1.807, 2.05) is 0 Å². The number of alkyl halides is 3. The Morgan fingerprint density at radius 1 is 1.43 bits per heavy atom. The molecule has 0 radical (unpaired) electrons. The highest BCUT2D eigenvalue weighted by Crippen LogP contribution is 2.21. The molecule has 0 bridgehead atoms. The SMILES string of the molecule is Cc1cnc(C(=O)NC2CCN(CC(F)(F)F)C2=O)cn1. The lowest BCUT2D eigenvalue weighted by Crippen LogP contribution is -2.44. The first-order valence-electron chi connectivity index (χ1n) is 6.21. The van der Waals surface area contributed by atoms with E-state index in [1.54, 1.807) is 6.92 Å². The Bertz CT molecular complexity index is 544. The summed E-state index contributed by atoms with van der Waals surface area (Å²) >= 11 is 0. The van der Waals surface area contributed by atoms with Crippen molar-refractivity contribution in [1.82, 2.24) is 20.2 Å². The highest BCUT2D eigenvalue weighted by atomic mass is 19.4. The summed E-state index contributed by atoms with van der Waals surface area (Å²) in [6.07, 6.45) is -1.67. The molecule has 1 unspecified atom stereocenters. The molecule has 1 atom stereocenters. The molecule has 1 aliphatic rings. The minimum Gasteiger partial charge on any atom is -0.339 e. The number of hydrogen-bond acceptors (Lipinski definition) is 4. The zero-order valence-corrected chi connectivity index (χ0v) is 11.1. The second-order valence-corrected chi connectivity index (χ2v) is 4.73. The van der Waals surface area contributed by atoms with Gasteiger partial charge in [-0.25, -0.2) is 4.98 Å². The second-order valence-electron chi connectivity index (χ2n) is 4.73. The van der Waals surface area contributed by atoms with E-state index in [4.69, 9.17) is 0 Å². The van der Waals surface area contributed by atoms with Crippen molar-refractivity contribution >= 4 is 11.8 Å². The molecule has 6 nitrogen and oxygen atoms in total. The average molecular weight is 302 g/mol. The molecule has 1 fully saturated rings. The summed E-state index contributed by atoms with van der Waals surface area (Å²) in [7, 11) is 0. The van der Waals surface area contributed by atoms with Gasteiger partial charge in [0.15, 0.2) is 0 Å². The van der Waals surface area contributed by atoms with E-state index in [-0.39, 0.29) is 18.7 Å². The average Bonchev–Trinajstić information content (AvgIpc) is 2.70. The van der Waals surface area contributed by atoms with Crippen LogP contribution in [0, 0.1) is 6.92 Å². The van der Waals surface area contributed by atoms with Crippen LogP contribution in [0.15, 0.2) is 12.4 Å². The third kappa shape index (κ3) is 3.89. The second kappa shape index (κ2) is 5.66. The molecule has 1 N–H and O–H groups in total. The van der Waals surface area contributed by atoms with E-state index in [0.717, 1.165) is 0 Å². The molecule has 114 valence electrons. The van der Waals surface area contributed by atoms with Crippen molar-refractivity contribution in [3.63, 3.8) is 0 Å². The number of likely N-dealkylation sites (tertiary alicyclic amines) is 1. The third-order valence-electron chi connectivity index (χ3n) is 2.99. The quantitative estimate of drug-likeness (QED) is 0.891. The summed E-state index contributed by atoms with van der Waals surface area (Å²) < 4.78 is 36.8. The van der Waals surface area contributed by atoms with E-state index in [2.05, 4.69) is 15.3 Å². The van der Waals surface area contributed by atoms with Crippen LogP contribution in [0.5, 0.6) is 0 Å². The fourth-order valence-electron chi connectivity index (χ4n) is 1.99. The zero-order chi connectivity index (χ0) is 15.6. The summed E-state index contributed by atoms with van der Waals surface area (Å²) in [6.45, 7) is 0.357. The lowest BCUT2D eigenvalue weighted by Gasteiger charge is -2.18. The van der Waals surface area contributed by atoms with Crippen LogP contribution in [0.1, 0.15) is 22.6 Å². The van der Waals surface area contributed by atoms with Crippen molar-refractivity contribution in [2.75, 3.05) is 13.1 Å². The smallest absolute Gasteiger partial charge is 0.339 e. The predicted molar refractivity (Wildman–Crippen MR) is 65.3 cm³/mol. The Kier molecular flexibility index (Phi) is 4.10. The molecular formula is C12H13F3N4O2.